The Morgan fingerprint density at radius 2 is 1.82 bits per heavy atom. The van der Waals surface area contributed by atoms with Gasteiger partial charge in [-0.15, -0.1) is 0 Å². The van der Waals surface area contributed by atoms with Crippen molar-refractivity contribution in [1.82, 2.24) is 0 Å². The van der Waals surface area contributed by atoms with E-state index in [1.807, 2.05) is 13.0 Å². The van der Waals surface area contributed by atoms with Gasteiger partial charge in [0.05, 0.1) is 7.11 Å². The second-order valence-electron chi connectivity index (χ2n) is 5.05. The zero-order valence-corrected chi connectivity index (χ0v) is 11.5. The fraction of sp³-hybridized carbons (Fsp3) is 0.571. The molecule has 0 radical (unpaired) electrons. The molecule has 1 aromatic carbocycles. The largest absolute Gasteiger partial charge is 0.496 e. The Morgan fingerprint density at radius 3 is 2.35 bits per heavy atom. The summed E-state index contributed by atoms with van der Waals surface area (Å²) in [5, 5.41) is 0.749. The lowest BCUT2D eigenvalue weighted by molar-refractivity contribution is 0.401. The first kappa shape index (κ1) is 12.7. The Hall–Kier alpha value is -0.730. The van der Waals surface area contributed by atoms with Crippen LogP contribution in [-0.4, -0.2) is 7.11 Å². The van der Waals surface area contributed by atoms with Crippen molar-refractivity contribution >= 4 is 11.6 Å². The first-order chi connectivity index (χ1) is 7.99. The maximum absolute atomic E-state index is 6.51. The number of halogens is 1. The van der Waals surface area contributed by atoms with Crippen molar-refractivity contribution in [2.45, 2.75) is 45.1 Å². The molecule has 3 heteroatoms. The zero-order valence-electron chi connectivity index (χ0n) is 10.8. The summed E-state index contributed by atoms with van der Waals surface area (Å²) < 4.78 is 5.46. The molecule has 0 heterocycles. The van der Waals surface area contributed by atoms with Crippen molar-refractivity contribution in [2.75, 3.05) is 7.11 Å². The van der Waals surface area contributed by atoms with Crippen LogP contribution in [0.1, 0.15) is 42.4 Å². The molecule has 1 aromatic rings. The lowest BCUT2D eigenvalue weighted by atomic mass is 9.85. The smallest absolute Gasteiger partial charge is 0.126 e. The molecule has 0 bridgehead atoms. The van der Waals surface area contributed by atoms with E-state index in [1.54, 1.807) is 7.11 Å². The van der Waals surface area contributed by atoms with Crippen LogP contribution in [0.2, 0.25) is 5.02 Å². The molecule has 0 spiro atoms. The summed E-state index contributed by atoms with van der Waals surface area (Å²) >= 11 is 6.27. The van der Waals surface area contributed by atoms with Crippen LogP contribution in [0.4, 0.5) is 0 Å². The lowest BCUT2D eigenvalue weighted by Crippen LogP contribution is -2.34. The second kappa shape index (κ2) is 4.51. The van der Waals surface area contributed by atoms with Gasteiger partial charge >= 0.3 is 0 Å². The average molecular weight is 254 g/mol. The minimum absolute atomic E-state index is 0.214. The summed E-state index contributed by atoms with van der Waals surface area (Å²) in [5.74, 6) is 0.879. The number of hydrogen-bond donors (Lipinski definition) is 1. The third-order valence-electron chi connectivity index (χ3n) is 3.95. The number of nitrogens with two attached hydrogens (primary N) is 1. The van der Waals surface area contributed by atoms with Gasteiger partial charge < -0.3 is 10.5 Å². The number of ether oxygens (including phenoxy) is 1. The molecule has 94 valence electrons. The molecule has 0 aromatic heterocycles. The van der Waals surface area contributed by atoms with Crippen LogP contribution in [-0.2, 0) is 5.54 Å². The highest BCUT2D eigenvalue weighted by Crippen LogP contribution is 2.42. The van der Waals surface area contributed by atoms with E-state index in [0.29, 0.717) is 0 Å². The molecular weight excluding hydrogens is 234 g/mol. The van der Waals surface area contributed by atoms with Crippen molar-refractivity contribution in [2.24, 2.45) is 5.73 Å². The van der Waals surface area contributed by atoms with Gasteiger partial charge in [-0.1, -0.05) is 24.4 Å². The van der Waals surface area contributed by atoms with E-state index in [0.717, 1.165) is 40.3 Å². The molecule has 1 aliphatic rings. The maximum atomic E-state index is 6.51. The van der Waals surface area contributed by atoms with E-state index in [9.17, 15) is 0 Å². The van der Waals surface area contributed by atoms with E-state index in [-0.39, 0.29) is 5.54 Å². The van der Waals surface area contributed by atoms with E-state index < -0.39 is 0 Å². The molecule has 2 N–H and O–H groups in total. The average Bonchev–Trinajstić information content (AvgIpc) is 2.72. The van der Waals surface area contributed by atoms with E-state index in [1.165, 1.54) is 12.8 Å². The van der Waals surface area contributed by atoms with E-state index in [2.05, 4.69) is 6.92 Å². The SMILES string of the molecule is COc1c(C)c(Cl)cc(C2(N)CCCC2)c1C. The second-order valence-corrected chi connectivity index (χ2v) is 5.46. The normalized spacial score (nSPS) is 18.4. The van der Waals surface area contributed by atoms with Crippen molar-refractivity contribution in [1.29, 1.82) is 0 Å². The third-order valence-corrected chi connectivity index (χ3v) is 4.34. The quantitative estimate of drug-likeness (QED) is 0.872. The summed E-state index contributed by atoms with van der Waals surface area (Å²) in [6.45, 7) is 4.06. The summed E-state index contributed by atoms with van der Waals surface area (Å²) in [6.07, 6.45) is 4.47. The van der Waals surface area contributed by atoms with Gasteiger partial charge in [-0.25, -0.2) is 0 Å². The molecule has 0 atom stereocenters. The highest BCUT2D eigenvalue weighted by Gasteiger charge is 2.34. The van der Waals surface area contributed by atoms with Crippen molar-refractivity contribution in [3.8, 4) is 5.75 Å². The molecule has 0 amide bonds. The van der Waals surface area contributed by atoms with Gasteiger partial charge in [-0.05, 0) is 43.9 Å². The molecule has 1 saturated carbocycles. The highest BCUT2D eigenvalue weighted by atomic mass is 35.5. The van der Waals surface area contributed by atoms with Crippen LogP contribution >= 0.6 is 11.6 Å². The molecule has 1 aliphatic carbocycles. The molecule has 0 unspecified atom stereocenters. The van der Waals surface area contributed by atoms with E-state index >= 15 is 0 Å². The van der Waals surface area contributed by atoms with Crippen molar-refractivity contribution < 1.29 is 4.74 Å². The van der Waals surface area contributed by atoms with Crippen LogP contribution in [0, 0.1) is 13.8 Å². The summed E-state index contributed by atoms with van der Waals surface area (Å²) in [7, 11) is 1.69. The van der Waals surface area contributed by atoms with Crippen molar-refractivity contribution in [3.63, 3.8) is 0 Å². The number of benzene rings is 1. The Balaban J connectivity index is 2.58. The topological polar surface area (TPSA) is 35.2 Å². The number of methoxy groups -OCH3 is 1. The monoisotopic (exact) mass is 253 g/mol. The lowest BCUT2D eigenvalue weighted by Gasteiger charge is -2.28. The number of hydrogen-bond acceptors (Lipinski definition) is 2. The van der Waals surface area contributed by atoms with Crippen molar-refractivity contribution in [3.05, 3.63) is 27.8 Å². The Bertz CT molecular complexity index is 436. The van der Waals surface area contributed by atoms with Crippen LogP contribution < -0.4 is 10.5 Å². The molecular formula is C14H20ClNO. The summed E-state index contributed by atoms with van der Waals surface area (Å²) in [4.78, 5) is 0. The first-order valence-corrected chi connectivity index (χ1v) is 6.50. The van der Waals surface area contributed by atoms with Gasteiger partial charge in [-0.2, -0.15) is 0 Å². The van der Waals surface area contributed by atoms with Crippen LogP contribution in [0.5, 0.6) is 5.75 Å². The first-order valence-electron chi connectivity index (χ1n) is 6.12. The van der Waals surface area contributed by atoms with Crippen LogP contribution in [0.3, 0.4) is 0 Å². The predicted octanol–water partition coefficient (Wildman–Crippen LogP) is 3.69. The fourth-order valence-corrected chi connectivity index (χ4v) is 3.15. The van der Waals surface area contributed by atoms with Crippen LogP contribution in [0.25, 0.3) is 0 Å². The fourth-order valence-electron chi connectivity index (χ4n) is 2.95. The van der Waals surface area contributed by atoms with Gasteiger partial charge in [0.1, 0.15) is 5.75 Å². The molecule has 0 saturated heterocycles. The maximum Gasteiger partial charge on any atom is 0.126 e. The zero-order chi connectivity index (χ0) is 12.6. The molecule has 0 aliphatic heterocycles. The summed E-state index contributed by atoms with van der Waals surface area (Å²) in [5.41, 5.74) is 9.59. The van der Waals surface area contributed by atoms with E-state index in [4.69, 9.17) is 22.1 Å². The van der Waals surface area contributed by atoms with Gasteiger partial charge in [-0.3, -0.25) is 0 Å². The van der Waals surface area contributed by atoms with Gasteiger partial charge in [0, 0.05) is 16.1 Å². The molecule has 17 heavy (non-hydrogen) atoms. The van der Waals surface area contributed by atoms with Gasteiger partial charge in [0.2, 0.25) is 0 Å². The van der Waals surface area contributed by atoms with Gasteiger partial charge in [0.25, 0.3) is 0 Å². The third kappa shape index (κ3) is 2.04. The summed E-state index contributed by atoms with van der Waals surface area (Å²) in [6, 6.07) is 2.03. The molecule has 1 fully saturated rings. The Morgan fingerprint density at radius 1 is 1.24 bits per heavy atom. The standard InChI is InChI=1S/C14H20ClNO/c1-9-11(14(16)6-4-5-7-14)8-12(15)10(2)13(9)17-3/h8H,4-7,16H2,1-3H3. The predicted molar refractivity (Wildman–Crippen MR) is 71.8 cm³/mol. The minimum Gasteiger partial charge on any atom is -0.496 e. The van der Waals surface area contributed by atoms with Crippen LogP contribution in [0.15, 0.2) is 6.07 Å². The Kier molecular flexibility index (Phi) is 3.37. The highest BCUT2D eigenvalue weighted by molar-refractivity contribution is 6.31. The number of rotatable bonds is 2. The molecule has 2 nitrogen and oxygen atoms in total. The Labute approximate surface area is 108 Å². The van der Waals surface area contributed by atoms with Gasteiger partial charge in [0.15, 0.2) is 0 Å². The minimum atomic E-state index is -0.214. The molecule has 2 rings (SSSR count).